The number of carbonyl (C=O) groups excluding carboxylic acids is 1. The van der Waals surface area contributed by atoms with E-state index in [4.69, 9.17) is 10.1 Å². The van der Waals surface area contributed by atoms with Gasteiger partial charge in [0.15, 0.2) is 5.13 Å². The molecule has 9 heteroatoms. The Morgan fingerprint density at radius 3 is 2.79 bits per heavy atom. The van der Waals surface area contributed by atoms with Crippen molar-refractivity contribution in [2.75, 3.05) is 25.0 Å². The minimum atomic E-state index is -0.102. The van der Waals surface area contributed by atoms with Crippen LogP contribution < -0.4 is 5.32 Å². The fourth-order valence-electron chi connectivity index (χ4n) is 5.22. The van der Waals surface area contributed by atoms with Crippen LogP contribution in [0, 0.1) is 18.8 Å². The molecule has 6 rings (SSSR count). The highest BCUT2D eigenvalue weighted by molar-refractivity contribution is 7.19. The van der Waals surface area contributed by atoms with Gasteiger partial charge in [-0.15, -0.1) is 0 Å². The van der Waals surface area contributed by atoms with Gasteiger partial charge in [-0.2, -0.15) is 5.10 Å². The third-order valence-corrected chi connectivity index (χ3v) is 8.12. The molecule has 1 N–H and O–H groups in total. The highest BCUT2D eigenvalue weighted by Crippen LogP contribution is 2.45. The van der Waals surface area contributed by atoms with Crippen molar-refractivity contribution >= 4 is 22.4 Å². The zero-order valence-electron chi connectivity index (χ0n) is 21.6. The van der Waals surface area contributed by atoms with Crippen molar-refractivity contribution < 1.29 is 4.79 Å². The predicted molar refractivity (Wildman–Crippen MR) is 149 cm³/mol. The van der Waals surface area contributed by atoms with Gasteiger partial charge in [-0.3, -0.25) is 24.3 Å². The molecule has 1 saturated heterocycles. The first-order valence-electron chi connectivity index (χ1n) is 13.0. The first-order chi connectivity index (χ1) is 18.5. The molecule has 0 spiro atoms. The second kappa shape index (κ2) is 10.5. The summed E-state index contributed by atoms with van der Waals surface area (Å²) >= 11 is 1.55. The number of hydrogen-bond acceptors (Lipinski definition) is 7. The van der Waals surface area contributed by atoms with Crippen LogP contribution in [0.5, 0.6) is 0 Å². The smallest absolute Gasteiger partial charge is 0.223 e. The fourth-order valence-corrected chi connectivity index (χ4v) is 6.34. The maximum absolute atomic E-state index is 11.7. The maximum atomic E-state index is 11.7. The number of likely N-dealkylation sites (tertiary alicyclic amines) is 1. The molecule has 4 aromatic heterocycles. The van der Waals surface area contributed by atoms with Gasteiger partial charge < -0.3 is 5.32 Å². The summed E-state index contributed by atoms with van der Waals surface area (Å²) in [6.07, 6.45) is 9.20. The van der Waals surface area contributed by atoms with Crippen LogP contribution in [0.1, 0.15) is 48.3 Å². The maximum Gasteiger partial charge on any atom is 0.223 e. The van der Waals surface area contributed by atoms with E-state index in [0.29, 0.717) is 5.13 Å². The van der Waals surface area contributed by atoms with E-state index >= 15 is 0 Å². The van der Waals surface area contributed by atoms with Crippen molar-refractivity contribution in [2.45, 2.75) is 45.6 Å². The third kappa shape index (κ3) is 4.97. The second-order valence-corrected chi connectivity index (χ2v) is 10.8. The van der Waals surface area contributed by atoms with Crippen molar-refractivity contribution in [3.8, 4) is 33.7 Å². The zero-order chi connectivity index (χ0) is 26.1. The van der Waals surface area contributed by atoms with Crippen LogP contribution in [0.15, 0.2) is 42.9 Å². The van der Waals surface area contributed by atoms with E-state index in [-0.39, 0.29) is 11.9 Å². The summed E-state index contributed by atoms with van der Waals surface area (Å²) in [5.41, 5.74) is 7.45. The predicted octanol–water partition coefficient (Wildman–Crippen LogP) is 4.52. The molecular formula is C29H29N7OS. The number of amides is 1. The zero-order valence-corrected chi connectivity index (χ0v) is 22.4. The molecule has 0 unspecified atom stereocenters. The van der Waals surface area contributed by atoms with Crippen LogP contribution in [-0.2, 0) is 17.6 Å². The lowest BCUT2D eigenvalue weighted by molar-refractivity contribution is -0.114. The second-order valence-electron chi connectivity index (χ2n) is 9.84. The summed E-state index contributed by atoms with van der Waals surface area (Å²) in [6.45, 7) is 6.20. The highest BCUT2D eigenvalue weighted by Gasteiger charge is 2.33. The summed E-state index contributed by atoms with van der Waals surface area (Å²) < 4.78 is 2.25. The standard InChI is InChI=1S/C29H29N7OS/c1-19-7-8-22(18-31-19)26-24-9-10-25-28(38-29(33-25)32-20(2)37)27(24)36(34-26)23-11-15-35(16-12-23)14-4-6-21-5-3-13-30-17-21/h3,5,7-8,13,17-18,23H,9-12,14-16H2,1-2H3,(H,32,33,37). The van der Waals surface area contributed by atoms with Crippen molar-refractivity contribution in [3.05, 3.63) is 65.4 Å². The van der Waals surface area contributed by atoms with Crippen molar-refractivity contribution in [1.29, 1.82) is 0 Å². The molecular weight excluding hydrogens is 494 g/mol. The van der Waals surface area contributed by atoms with Gasteiger partial charge >= 0.3 is 0 Å². The van der Waals surface area contributed by atoms with Crippen LogP contribution in [0.4, 0.5) is 5.13 Å². The Balaban J connectivity index is 1.29. The Bertz CT molecular complexity index is 1520. The molecule has 0 atom stereocenters. The summed E-state index contributed by atoms with van der Waals surface area (Å²) in [5.74, 6) is 6.42. The van der Waals surface area contributed by atoms with E-state index < -0.39 is 0 Å². The number of nitrogens with zero attached hydrogens (tertiary/aromatic N) is 6. The average Bonchev–Trinajstić information content (AvgIpc) is 3.51. The molecule has 0 bridgehead atoms. The average molecular weight is 524 g/mol. The number of carbonyl (C=O) groups is 1. The molecule has 1 amide bonds. The van der Waals surface area contributed by atoms with Crippen LogP contribution in [-0.4, -0.2) is 55.2 Å². The first-order valence-corrected chi connectivity index (χ1v) is 13.8. The van der Waals surface area contributed by atoms with Gasteiger partial charge in [-0.05, 0) is 56.9 Å². The number of rotatable bonds is 4. The van der Waals surface area contributed by atoms with Gasteiger partial charge in [0.25, 0.3) is 0 Å². The highest BCUT2D eigenvalue weighted by atomic mass is 32.1. The molecule has 5 heterocycles. The minimum absolute atomic E-state index is 0.102. The van der Waals surface area contributed by atoms with Gasteiger partial charge in [0.1, 0.15) is 0 Å². The van der Waals surface area contributed by atoms with Crippen molar-refractivity contribution in [2.24, 2.45) is 0 Å². The topological polar surface area (TPSA) is 88.8 Å². The first kappa shape index (κ1) is 24.5. The van der Waals surface area contributed by atoms with Crippen LogP contribution in [0.3, 0.4) is 0 Å². The van der Waals surface area contributed by atoms with Gasteiger partial charge in [0, 0.05) is 61.0 Å². The summed E-state index contributed by atoms with van der Waals surface area (Å²) in [4.78, 5) is 28.7. The van der Waals surface area contributed by atoms with Gasteiger partial charge in [0.2, 0.25) is 5.91 Å². The Morgan fingerprint density at radius 1 is 1.18 bits per heavy atom. The Morgan fingerprint density at radius 2 is 2.05 bits per heavy atom. The van der Waals surface area contributed by atoms with Gasteiger partial charge in [-0.1, -0.05) is 23.2 Å². The third-order valence-electron chi connectivity index (χ3n) is 7.10. The molecule has 192 valence electrons. The minimum Gasteiger partial charge on any atom is -0.302 e. The van der Waals surface area contributed by atoms with Crippen LogP contribution in [0.25, 0.3) is 21.8 Å². The summed E-state index contributed by atoms with van der Waals surface area (Å²) in [5, 5.41) is 8.76. The largest absolute Gasteiger partial charge is 0.302 e. The lowest BCUT2D eigenvalue weighted by atomic mass is 9.95. The Labute approximate surface area is 226 Å². The van der Waals surface area contributed by atoms with Gasteiger partial charge in [0.05, 0.1) is 34.5 Å². The molecule has 0 aromatic carbocycles. The quantitative estimate of drug-likeness (QED) is 0.396. The van der Waals surface area contributed by atoms with E-state index in [1.165, 1.54) is 12.5 Å². The number of hydrogen-bond donors (Lipinski definition) is 1. The Hall–Kier alpha value is -3.87. The normalized spacial score (nSPS) is 15.3. The molecule has 0 saturated carbocycles. The number of thiazole rings is 1. The molecule has 1 aliphatic carbocycles. The van der Waals surface area contributed by atoms with E-state index in [1.807, 2.05) is 31.3 Å². The molecule has 0 radical (unpaired) electrons. The van der Waals surface area contributed by atoms with E-state index in [0.717, 1.165) is 84.1 Å². The number of aromatic nitrogens is 5. The number of pyridine rings is 2. The van der Waals surface area contributed by atoms with E-state index in [2.05, 4.69) is 42.8 Å². The molecule has 1 fully saturated rings. The van der Waals surface area contributed by atoms with Crippen LogP contribution >= 0.6 is 11.3 Å². The lowest BCUT2D eigenvalue weighted by Gasteiger charge is -2.31. The van der Waals surface area contributed by atoms with E-state index in [1.54, 1.807) is 23.7 Å². The molecule has 1 aliphatic heterocycles. The molecule has 4 aromatic rings. The number of fused-ring (bicyclic) bond motifs is 3. The number of nitrogens with one attached hydrogen (secondary N) is 1. The SMILES string of the molecule is CC(=O)Nc1nc2c(s1)-c1c(c(-c3ccc(C)nc3)nn1C1CCN(CC#Cc3cccnc3)CC1)CC2. The number of aryl methyl sites for hydroxylation is 2. The fraction of sp³-hybridized carbons (Fsp3) is 0.345. The molecule has 2 aliphatic rings. The summed E-state index contributed by atoms with van der Waals surface area (Å²) in [6, 6.07) is 8.34. The summed E-state index contributed by atoms with van der Waals surface area (Å²) in [7, 11) is 0. The lowest BCUT2D eigenvalue weighted by Crippen LogP contribution is -2.35. The Kier molecular flexibility index (Phi) is 6.75. The van der Waals surface area contributed by atoms with E-state index in [9.17, 15) is 4.79 Å². The van der Waals surface area contributed by atoms with Crippen molar-refractivity contribution in [1.82, 2.24) is 29.6 Å². The number of piperidine rings is 1. The van der Waals surface area contributed by atoms with Crippen LogP contribution in [0.2, 0.25) is 0 Å². The van der Waals surface area contributed by atoms with Gasteiger partial charge in [-0.25, -0.2) is 4.98 Å². The van der Waals surface area contributed by atoms with Crippen molar-refractivity contribution in [3.63, 3.8) is 0 Å². The molecule has 8 nitrogen and oxygen atoms in total. The molecule has 38 heavy (non-hydrogen) atoms. The number of anilines is 1. The monoisotopic (exact) mass is 523 g/mol.